The molecule has 1 N–H and O–H groups in total. The Morgan fingerprint density at radius 2 is 2.21 bits per heavy atom. The molecule has 0 saturated heterocycles. The van der Waals surface area contributed by atoms with E-state index in [0.717, 1.165) is 22.3 Å². The lowest BCUT2D eigenvalue weighted by atomic mass is 9.75. The highest BCUT2D eigenvalue weighted by Gasteiger charge is 2.38. The molecule has 1 aliphatic carbocycles. The number of likely N-dealkylation sites (N-methyl/N-ethyl adjacent to an activating group) is 1. The maximum Gasteiger partial charge on any atom is 0.0693 e. The molecule has 0 aromatic heterocycles. The van der Waals surface area contributed by atoms with Crippen molar-refractivity contribution < 1.29 is 4.74 Å². The maximum atomic E-state index is 6.29. The van der Waals surface area contributed by atoms with Crippen molar-refractivity contribution in [3.63, 3.8) is 0 Å². The Balaban J connectivity index is 2.02. The minimum atomic E-state index is 0.0928. The molecule has 0 amide bonds. The monoisotopic (exact) mass is 345 g/mol. The van der Waals surface area contributed by atoms with Crippen LogP contribution in [0.5, 0.6) is 0 Å². The first-order valence-corrected chi connectivity index (χ1v) is 7.92. The van der Waals surface area contributed by atoms with Crippen LogP contribution in [-0.2, 0) is 11.2 Å². The van der Waals surface area contributed by atoms with Gasteiger partial charge in [-0.15, -0.1) is 0 Å². The second kappa shape index (κ2) is 6.57. The summed E-state index contributed by atoms with van der Waals surface area (Å²) in [4.78, 5) is 0. The smallest absolute Gasteiger partial charge is 0.0693 e. The normalized spacial score (nSPS) is 18.9. The van der Waals surface area contributed by atoms with E-state index in [1.54, 1.807) is 0 Å². The second-order valence-electron chi connectivity index (χ2n) is 5.37. The average molecular weight is 347 g/mol. The van der Waals surface area contributed by atoms with Gasteiger partial charge in [0.25, 0.3) is 0 Å². The molecule has 106 valence electrons. The van der Waals surface area contributed by atoms with E-state index in [2.05, 4.69) is 27.3 Å². The van der Waals surface area contributed by atoms with Crippen LogP contribution < -0.4 is 5.32 Å². The molecule has 4 heteroatoms. The molecule has 1 aromatic carbocycles. The maximum absolute atomic E-state index is 6.29. The highest BCUT2D eigenvalue weighted by molar-refractivity contribution is 9.10. The average Bonchev–Trinajstić information content (AvgIpc) is 2.35. The van der Waals surface area contributed by atoms with Crippen molar-refractivity contribution in [1.29, 1.82) is 0 Å². The third-order valence-corrected chi connectivity index (χ3v) is 5.05. The van der Waals surface area contributed by atoms with Crippen LogP contribution in [0, 0.1) is 0 Å². The molecule has 1 unspecified atom stereocenters. The number of benzene rings is 1. The molecule has 0 heterocycles. The van der Waals surface area contributed by atoms with E-state index in [1.165, 1.54) is 24.8 Å². The van der Waals surface area contributed by atoms with Crippen LogP contribution in [0.4, 0.5) is 0 Å². The van der Waals surface area contributed by atoms with Crippen LogP contribution in [-0.4, -0.2) is 25.8 Å². The molecule has 1 aromatic rings. The summed E-state index contributed by atoms with van der Waals surface area (Å²) < 4.78 is 6.74. The molecule has 19 heavy (non-hydrogen) atoms. The van der Waals surface area contributed by atoms with Crippen LogP contribution in [0.2, 0.25) is 5.02 Å². The summed E-state index contributed by atoms with van der Waals surface area (Å²) in [6.07, 6.45) is 5.62. The minimum Gasteiger partial charge on any atom is -0.378 e. The molecule has 2 rings (SSSR count). The Morgan fingerprint density at radius 3 is 2.68 bits per heavy atom. The Kier molecular flexibility index (Phi) is 5.29. The molecule has 1 atom stereocenters. The summed E-state index contributed by atoms with van der Waals surface area (Å²) in [6.45, 7) is 0. The van der Waals surface area contributed by atoms with Crippen molar-refractivity contribution in [3.8, 4) is 0 Å². The van der Waals surface area contributed by atoms with Crippen LogP contribution in [0.1, 0.15) is 31.2 Å². The fourth-order valence-corrected chi connectivity index (χ4v) is 3.49. The minimum absolute atomic E-state index is 0.0928. The number of methoxy groups -OCH3 is 1. The summed E-state index contributed by atoms with van der Waals surface area (Å²) in [7, 11) is 3.85. The summed E-state index contributed by atoms with van der Waals surface area (Å²) in [5.41, 5.74) is 1.28. The van der Waals surface area contributed by atoms with Crippen molar-refractivity contribution in [1.82, 2.24) is 5.32 Å². The SMILES string of the molecule is CNC(Cc1ccc(Br)cc1Cl)CC1(OC)CCC1. The number of halogens is 2. The zero-order chi connectivity index (χ0) is 13.9. The van der Waals surface area contributed by atoms with Crippen molar-refractivity contribution >= 4 is 27.5 Å². The van der Waals surface area contributed by atoms with E-state index in [0.29, 0.717) is 6.04 Å². The fraction of sp³-hybridized carbons (Fsp3) is 0.600. The van der Waals surface area contributed by atoms with E-state index in [-0.39, 0.29) is 5.60 Å². The zero-order valence-corrected chi connectivity index (χ0v) is 13.9. The van der Waals surface area contributed by atoms with Crippen molar-refractivity contribution in [2.45, 2.75) is 43.7 Å². The number of hydrogen-bond acceptors (Lipinski definition) is 2. The van der Waals surface area contributed by atoms with Gasteiger partial charge < -0.3 is 10.1 Å². The molecule has 0 bridgehead atoms. The highest BCUT2D eigenvalue weighted by atomic mass is 79.9. The van der Waals surface area contributed by atoms with Crippen LogP contribution in [0.15, 0.2) is 22.7 Å². The first kappa shape index (κ1) is 15.3. The lowest BCUT2D eigenvalue weighted by Crippen LogP contribution is -2.45. The summed E-state index contributed by atoms with van der Waals surface area (Å²) in [6, 6.07) is 6.50. The van der Waals surface area contributed by atoms with Gasteiger partial charge >= 0.3 is 0 Å². The summed E-state index contributed by atoms with van der Waals surface area (Å²) >= 11 is 9.73. The molecule has 1 fully saturated rings. The van der Waals surface area contributed by atoms with E-state index < -0.39 is 0 Å². The van der Waals surface area contributed by atoms with Gasteiger partial charge in [-0.2, -0.15) is 0 Å². The van der Waals surface area contributed by atoms with Gasteiger partial charge in [-0.05, 0) is 56.8 Å². The van der Waals surface area contributed by atoms with Gasteiger partial charge in [0.05, 0.1) is 5.60 Å². The predicted molar refractivity (Wildman–Crippen MR) is 83.9 cm³/mol. The Bertz CT molecular complexity index is 429. The second-order valence-corrected chi connectivity index (χ2v) is 6.69. The molecule has 2 nitrogen and oxygen atoms in total. The molecule has 0 radical (unpaired) electrons. The topological polar surface area (TPSA) is 21.3 Å². The first-order valence-electron chi connectivity index (χ1n) is 6.75. The molecule has 1 saturated carbocycles. The molecule has 0 aliphatic heterocycles. The number of hydrogen-bond donors (Lipinski definition) is 1. The highest BCUT2D eigenvalue weighted by Crippen LogP contribution is 2.39. The van der Waals surface area contributed by atoms with Gasteiger partial charge in [0.15, 0.2) is 0 Å². The predicted octanol–water partition coefficient (Wildman–Crippen LogP) is 4.19. The van der Waals surface area contributed by atoms with Crippen molar-refractivity contribution in [2.75, 3.05) is 14.2 Å². The lowest BCUT2D eigenvalue weighted by molar-refractivity contribution is -0.0830. The van der Waals surface area contributed by atoms with Gasteiger partial charge in [0, 0.05) is 22.6 Å². The van der Waals surface area contributed by atoms with Gasteiger partial charge in [-0.1, -0.05) is 33.6 Å². The van der Waals surface area contributed by atoms with E-state index >= 15 is 0 Å². The number of nitrogens with one attached hydrogen (secondary N) is 1. The van der Waals surface area contributed by atoms with Gasteiger partial charge in [0.1, 0.15) is 0 Å². The molecular formula is C15H21BrClNO. The lowest BCUT2D eigenvalue weighted by Gasteiger charge is -2.43. The quantitative estimate of drug-likeness (QED) is 0.834. The number of rotatable bonds is 6. The van der Waals surface area contributed by atoms with Crippen molar-refractivity contribution in [2.24, 2.45) is 0 Å². The van der Waals surface area contributed by atoms with Crippen molar-refractivity contribution in [3.05, 3.63) is 33.3 Å². The molecule has 1 aliphatic rings. The summed E-state index contributed by atoms with van der Waals surface area (Å²) in [5, 5.41) is 4.23. The van der Waals surface area contributed by atoms with E-state index in [4.69, 9.17) is 16.3 Å². The fourth-order valence-electron chi connectivity index (χ4n) is 2.74. The zero-order valence-electron chi connectivity index (χ0n) is 11.5. The van der Waals surface area contributed by atoms with Gasteiger partial charge in [-0.3, -0.25) is 0 Å². The number of ether oxygens (including phenoxy) is 1. The Morgan fingerprint density at radius 1 is 1.47 bits per heavy atom. The van der Waals surface area contributed by atoms with Gasteiger partial charge in [-0.25, -0.2) is 0 Å². The van der Waals surface area contributed by atoms with Crippen LogP contribution in [0.3, 0.4) is 0 Å². The van der Waals surface area contributed by atoms with E-state index in [9.17, 15) is 0 Å². The van der Waals surface area contributed by atoms with Crippen LogP contribution >= 0.6 is 27.5 Å². The molecular weight excluding hydrogens is 326 g/mol. The third kappa shape index (κ3) is 3.72. The standard InChI is InChI=1S/C15H21BrClNO/c1-18-13(10-15(19-2)6-3-7-15)8-11-4-5-12(16)9-14(11)17/h4-5,9,13,18H,3,6-8,10H2,1-2H3. The Hall–Kier alpha value is -0.0900. The van der Waals surface area contributed by atoms with Gasteiger partial charge in [0.2, 0.25) is 0 Å². The van der Waals surface area contributed by atoms with E-state index in [1.807, 2.05) is 26.3 Å². The Labute approximate surface area is 129 Å². The first-order chi connectivity index (χ1) is 9.08. The third-order valence-electron chi connectivity index (χ3n) is 4.21. The van der Waals surface area contributed by atoms with Crippen LogP contribution in [0.25, 0.3) is 0 Å². The largest absolute Gasteiger partial charge is 0.378 e. The molecule has 0 spiro atoms. The summed E-state index contributed by atoms with van der Waals surface area (Å²) in [5.74, 6) is 0.